The summed E-state index contributed by atoms with van der Waals surface area (Å²) in [6.45, 7) is 19.0. The largest absolute Gasteiger partial charge is 0.512 e. The van der Waals surface area contributed by atoms with Crippen LogP contribution < -0.4 is 0 Å². The summed E-state index contributed by atoms with van der Waals surface area (Å²) in [6, 6.07) is 16.5. The van der Waals surface area contributed by atoms with E-state index in [9.17, 15) is 15.2 Å². The van der Waals surface area contributed by atoms with Crippen molar-refractivity contribution < 1.29 is 30.0 Å². The van der Waals surface area contributed by atoms with Crippen molar-refractivity contribution in [2.45, 2.75) is 94.4 Å². The molecular weight excluding hydrogens is 741 g/mol. The zero-order valence-corrected chi connectivity index (χ0v) is 30.9. The van der Waals surface area contributed by atoms with Gasteiger partial charge in [0.15, 0.2) is 5.78 Å². The summed E-state index contributed by atoms with van der Waals surface area (Å²) >= 11 is 1.76. The molecule has 0 unspecified atom stereocenters. The summed E-state index contributed by atoms with van der Waals surface area (Å²) in [5.41, 5.74) is 6.39. The molecule has 0 fully saturated rings. The van der Waals surface area contributed by atoms with Crippen molar-refractivity contribution in [3.05, 3.63) is 76.7 Å². The molecule has 2 aromatic carbocycles. The van der Waals surface area contributed by atoms with E-state index in [2.05, 4.69) is 82.1 Å². The van der Waals surface area contributed by atoms with Gasteiger partial charge in [-0.1, -0.05) is 80.5 Å². The van der Waals surface area contributed by atoms with Gasteiger partial charge in [0.2, 0.25) is 0 Å². The fourth-order valence-electron chi connectivity index (χ4n) is 5.65. The van der Waals surface area contributed by atoms with Crippen molar-refractivity contribution in [2.24, 2.45) is 17.3 Å². The number of fused-ring (bicyclic) bond motifs is 3. The average molecular weight is 788 g/mol. The monoisotopic (exact) mass is 788 g/mol. The fraction of sp³-hybridized carbons (Fsp3) is 0.447. The zero-order chi connectivity index (χ0) is 31.9. The van der Waals surface area contributed by atoms with Gasteiger partial charge in [-0.15, -0.1) is 46.2 Å². The number of aryl methyl sites for hydroxylation is 2. The summed E-state index contributed by atoms with van der Waals surface area (Å²) in [4.78, 5) is 16.4. The molecule has 4 nitrogen and oxygen atoms in total. The Morgan fingerprint density at radius 1 is 1.05 bits per heavy atom. The van der Waals surface area contributed by atoms with E-state index in [1.807, 2.05) is 27.7 Å². The molecule has 1 N–H and O–H groups in total. The number of allylic oxidation sites excluding steroid dienone is 2. The summed E-state index contributed by atoms with van der Waals surface area (Å²) in [5.74, 6) is 0.547. The van der Waals surface area contributed by atoms with Gasteiger partial charge in [0.1, 0.15) is 6.07 Å². The molecule has 0 bridgehead atoms. The first-order valence-corrected chi connectivity index (χ1v) is 16.4. The standard InChI is InChI=1S/C25H23N2S.C13H24O2.Ir/c1-15-9-16(2)11-18(10-15)22-24-21(19(13-26)14-27-22)20-8-6-7-17(23(20)28-24)12-25(3,4)5;1-5-10(6-2)12(14)9-13(15)11(7-3)8-4;/h6-10,14H,12H2,1-5H3;9-11,14H,5-8H2,1-4H3;/q-1;;/b;12-9-;. The molecule has 6 heteroatoms. The van der Waals surface area contributed by atoms with Crippen LogP contribution in [0.1, 0.15) is 96.4 Å². The van der Waals surface area contributed by atoms with Gasteiger partial charge in [0, 0.05) is 70.1 Å². The van der Waals surface area contributed by atoms with Crippen LogP contribution in [-0.2, 0) is 31.3 Å². The van der Waals surface area contributed by atoms with Crippen molar-refractivity contribution in [3.63, 3.8) is 0 Å². The van der Waals surface area contributed by atoms with E-state index in [1.54, 1.807) is 17.5 Å². The first kappa shape index (κ1) is 37.3. The Morgan fingerprint density at radius 3 is 2.23 bits per heavy atom. The Bertz CT molecular complexity index is 1630. The van der Waals surface area contributed by atoms with E-state index in [0.717, 1.165) is 64.4 Å². The second-order valence-electron chi connectivity index (χ2n) is 12.7. The van der Waals surface area contributed by atoms with Crippen molar-refractivity contribution in [2.75, 3.05) is 0 Å². The Morgan fingerprint density at radius 2 is 1.68 bits per heavy atom. The van der Waals surface area contributed by atoms with Crippen LogP contribution in [0.5, 0.6) is 0 Å². The molecule has 4 rings (SSSR count). The van der Waals surface area contributed by atoms with E-state index in [4.69, 9.17) is 0 Å². The Hall–Kier alpha value is -2.84. The molecule has 0 aliphatic rings. The van der Waals surface area contributed by atoms with Crippen molar-refractivity contribution >= 4 is 37.3 Å². The van der Waals surface area contributed by atoms with Crippen LogP contribution in [0.25, 0.3) is 31.4 Å². The van der Waals surface area contributed by atoms with E-state index in [1.165, 1.54) is 21.9 Å². The Kier molecular flexibility index (Phi) is 14.0. The molecule has 0 atom stereocenters. The summed E-state index contributed by atoms with van der Waals surface area (Å²) in [5, 5.41) is 21.7. The number of carbonyl (C=O) groups is 1. The third-order valence-corrected chi connectivity index (χ3v) is 9.22. The number of rotatable bonds is 9. The van der Waals surface area contributed by atoms with Gasteiger partial charge >= 0.3 is 0 Å². The van der Waals surface area contributed by atoms with Gasteiger partial charge in [-0.3, -0.25) is 4.79 Å². The topological polar surface area (TPSA) is 74.0 Å². The average Bonchev–Trinajstić information content (AvgIpc) is 3.34. The number of aliphatic hydroxyl groups is 1. The van der Waals surface area contributed by atoms with Crippen LogP contribution in [0, 0.1) is 48.5 Å². The van der Waals surface area contributed by atoms with E-state index in [-0.39, 0.29) is 48.9 Å². The maximum Gasteiger partial charge on any atom is 0.162 e. The van der Waals surface area contributed by atoms with Crippen LogP contribution in [0.3, 0.4) is 0 Å². The molecule has 0 saturated carbocycles. The first-order chi connectivity index (χ1) is 20.4. The predicted molar refractivity (Wildman–Crippen MR) is 183 cm³/mol. The number of hydrogen-bond donors (Lipinski definition) is 1. The molecule has 4 aromatic rings. The number of carbonyl (C=O) groups excluding carboxylic acids is 1. The molecule has 0 saturated heterocycles. The van der Waals surface area contributed by atoms with Crippen LogP contribution in [0.2, 0.25) is 0 Å². The molecule has 0 spiro atoms. The molecule has 44 heavy (non-hydrogen) atoms. The number of thiophene rings is 1. The normalized spacial score (nSPS) is 11.8. The number of hydrogen-bond acceptors (Lipinski definition) is 5. The van der Waals surface area contributed by atoms with E-state index >= 15 is 0 Å². The summed E-state index contributed by atoms with van der Waals surface area (Å²) in [7, 11) is 0. The minimum Gasteiger partial charge on any atom is -0.512 e. The number of pyridine rings is 1. The third kappa shape index (κ3) is 9.10. The smallest absolute Gasteiger partial charge is 0.162 e. The van der Waals surface area contributed by atoms with E-state index < -0.39 is 0 Å². The van der Waals surface area contributed by atoms with Gasteiger partial charge in [-0.25, -0.2) is 0 Å². The minimum atomic E-state index is 0. The molecule has 237 valence electrons. The molecule has 2 heterocycles. The van der Waals surface area contributed by atoms with Gasteiger partial charge in [0.05, 0.1) is 11.3 Å². The fourth-order valence-corrected chi connectivity index (χ4v) is 6.99. The molecule has 2 aromatic heterocycles. The number of aromatic nitrogens is 1. The maximum atomic E-state index is 11.7. The van der Waals surface area contributed by atoms with Gasteiger partial charge in [-0.2, -0.15) is 5.26 Å². The molecule has 1 radical (unpaired) electrons. The van der Waals surface area contributed by atoms with Gasteiger partial charge in [0.25, 0.3) is 0 Å². The number of nitrogens with zero attached hydrogens (tertiary/aromatic N) is 2. The number of ketones is 1. The molecular formula is C38H47IrN2O2S-. The minimum absolute atomic E-state index is 0. The number of nitriles is 1. The second-order valence-corrected chi connectivity index (χ2v) is 13.7. The summed E-state index contributed by atoms with van der Waals surface area (Å²) < 4.78 is 2.35. The third-order valence-electron chi connectivity index (χ3n) is 7.93. The number of aliphatic hydroxyl groups excluding tert-OH is 1. The van der Waals surface area contributed by atoms with Crippen molar-refractivity contribution in [1.29, 1.82) is 5.26 Å². The van der Waals surface area contributed by atoms with Crippen LogP contribution in [0.15, 0.2) is 48.4 Å². The molecule has 0 aliphatic carbocycles. The SMILES string of the molecule is CCC(CC)C(=O)/C=C(\O)C(CC)CC.Cc1[c-]c(-c2ncc(C#N)c3c2sc2c(CC(C)(C)C)cccc23)cc(C)c1.[Ir]. The van der Waals surface area contributed by atoms with Crippen LogP contribution >= 0.6 is 11.3 Å². The van der Waals surface area contributed by atoms with Crippen LogP contribution in [0.4, 0.5) is 0 Å². The summed E-state index contributed by atoms with van der Waals surface area (Å²) in [6.07, 6.45) is 7.62. The second kappa shape index (κ2) is 16.5. The van der Waals surface area contributed by atoms with Gasteiger partial charge in [-0.05, 0) is 43.1 Å². The zero-order valence-electron chi connectivity index (χ0n) is 27.7. The van der Waals surface area contributed by atoms with Gasteiger partial charge < -0.3 is 10.1 Å². The van der Waals surface area contributed by atoms with E-state index in [0.29, 0.717) is 5.56 Å². The predicted octanol–water partition coefficient (Wildman–Crippen LogP) is 10.9. The first-order valence-electron chi connectivity index (χ1n) is 15.6. The molecule has 0 aliphatic heterocycles. The van der Waals surface area contributed by atoms with Crippen molar-refractivity contribution in [3.8, 4) is 17.3 Å². The number of benzene rings is 2. The van der Waals surface area contributed by atoms with Crippen molar-refractivity contribution in [1.82, 2.24) is 4.98 Å². The maximum absolute atomic E-state index is 11.7. The Balaban J connectivity index is 0.000000363. The quantitative estimate of drug-likeness (QED) is 0.104. The molecule has 0 amide bonds. The van der Waals surface area contributed by atoms with Crippen LogP contribution in [-0.4, -0.2) is 15.9 Å². The Labute approximate surface area is 282 Å².